The molecule has 21 heavy (non-hydrogen) atoms. The molecule has 4 heteroatoms. The fraction of sp³-hybridized carbons (Fsp3) is 0.647. The fourth-order valence-corrected chi connectivity index (χ4v) is 3.78. The van der Waals surface area contributed by atoms with Crippen molar-refractivity contribution in [1.29, 1.82) is 0 Å². The van der Waals surface area contributed by atoms with Crippen molar-refractivity contribution in [2.75, 3.05) is 39.8 Å². The van der Waals surface area contributed by atoms with Gasteiger partial charge in [0, 0.05) is 43.8 Å². The van der Waals surface area contributed by atoms with E-state index in [1.807, 2.05) is 19.2 Å². The van der Waals surface area contributed by atoms with Crippen LogP contribution in [0.25, 0.3) is 0 Å². The van der Waals surface area contributed by atoms with Crippen molar-refractivity contribution in [3.8, 4) is 0 Å². The van der Waals surface area contributed by atoms with Crippen LogP contribution in [-0.4, -0.2) is 55.6 Å². The Morgan fingerprint density at radius 1 is 1.29 bits per heavy atom. The summed E-state index contributed by atoms with van der Waals surface area (Å²) in [6, 6.07) is 7.99. The molecule has 2 atom stereocenters. The van der Waals surface area contributed by atoms with E-state index in [2.05, 4.69) is 15.1 Å². The molecule has 2 heterocycles. The van der Waals surface area contributed by atoms with Gasteiger partial charge in [-0.25, -0.2) is 4.39 Å². The van der Waals surface area contributed by atoms with E-state index in [9.17, 15) is 4.39 Å². The van der Waals surface area contributed by atoms with Gasteiger partial charge >= 0.3 is 0 Å². The molecule has 2 saturated heterocycles. The lowest BCUT2D eigenvalue weighted by molar-refractivity contribution is 0.101. The first-order valence-electron chi connectivity index (χ1n) is 8.16. The molecule has 3 rings (SSSR count). The van der Waals surface area contributed by atoms with E-state index in [1.54, 1.807) is 12.1 Å². The van der Waals surface area contributed by atoms with Gasteiger partial charge in [-0.15, -0.1) is 0 Å². The second kappa shape index (κ2) is 6.86. The Morgan fingerprint density at radius 2 is 2.14 bits per heavy atom. The SMILES string of the molecule is CNC(CCN1CCN2CCCC2C1)c1ccccc1F. The average Bonchev–Trinajstić information content (AvgIpc) is 2.97. The summed E-state index contributed by atoms with van der Waals surface area (Å²) < 4.78 is 13.9. The summed E-state index contributed by atoms with van der Waals surface area (Å²) in [6.45, 7) is 5.88. The van der Waals surface area contributed by atoms with E-state index in [0.717, 1.165) is 31.1 Å². The highest BCUT2D eigenvalue weighted by molar-refractivity contribution is 5.21. The molecule has 0 aliphatic carbocycles. The highest BCUT2D eigenvalue weighted by atomic mass is 19.1. The maximum atomic E-state index is 13.9. The van der Waals surface area contributed by atoms with Gasteiger partial charge in [0.2, 0.25) is 0 Å². The maximum absolute atomic E-state index is 13.9. The molecule has 0 bridgehead atoms. The molecule has 2 aliphatic heterocycles. The van der Waals surface area contributed by atoms with E-state index in [-0.39, 0.29) is 11.9 Å². The second-order valence-corrected chi connectivity index (χ2v) is 6.28. The predicted octanol–water partition coefficient (Wildman–Crippen LogP) is 2.26. The normalized spacial score (nSPS) is 25.0. The number of hydrogen-bond acceptors (Lipinski definition) is 3. The molecule has 1 N–H and O–H groups in total. The minimum atomic E-state index is -0.0996. The third-order valence-electron chi connectivity index (χ3n) is 5.03. The van der Waals surface area contributed by atoms with Crippen LogP contribution in [0.15, 0.2) is 24.3 Å². The Balaban J connectivity index is 1.55. The summed E-state index contributed by atoms with van der Waals surface area (Å²) >= 11 is 0. The summed E-state index contributed by atoms with van der Waals surface area (Å²) in [5.74, 6) is -0.0996. The zero-order valence-electron chi connectivity index (χ0n) is 12.9. The molecule has 1 aromatic rings. The molecule has 0 aromatic heterocycles. The molecular weight excluding hydrogens is 265 g/mol. The molecule has 2 aliphatic rings. The van der Waals surface area contributed by atoms with Crippen LogP contribution in [-0.2, 0) is 0 Å². The smallest absolute Gasteiger partial charge is 0.127 e. The summed E-state index contributed by atoms with van der Waals surface area (Å²) in [5, 5.41) is 3.27. The first kappa shape index (κ1) is 14.9. The molecule has 3 nitrogen and oxygen atoms in total. The van der Waals surface area contributed by atoms with Gasteiger partial charge < -0.3 is 10.2 Å². The van der Waals surface area contributed by atoms with Crippen molar-refractivity contribution in [2.45, 2.75) is 31.3 Å². The number of nitrogens with one attached hydrogen (secondary N) is 1. The highest BCUT2D eigenvalue weighted by Crippen LogP contribution is 2.24. The lowest BCUT2D eigenvalue weighted by atomic mass is 10.0. The van der Waals surface area contributed by atoms with Gasteiger partial charge in [0.1, 0.15) is 5.82 Å². The number of piperazine rings is 1. The van der Waals surface area contributed by atoms with Crippen LogP contribution in [0.2, 0.25) is 0 Å². The Bertz CT molecular complexity index is 465. The molecule has 2 fully saturated rings. The lowest BCUT2D eigenvalue weighted by Crippen LogP contribution is -2.50. The van der Waals surface area contributed by atoms with Crippen LogP contribution in [0, 0.1) is 5.82 Å². The van der Waals surface area contributed by atoms with E-state index in [1.165, 1.54) is 32.5 Å². The van der Waals surface area contributed by atoms with Crippen LogP contribution >= 0.6 is 0 Å². The van der Waals surface area contributed by atoms with Gasteiger partial charge in [-0.2, -0.15) is 0 Å². The largest absolute Gasteiger partial charge is 0.313 e. The molecule has 0 spiro atoms. The Kier molecular flexibility index (Phi) is 4.88. The minimum absolute atomic E-state index is 0.0996. The molecule has 0 radical (unpaired) electrons. The van der Waals surface area contributed by atoms with Gasteiger partial charge in [-0.3, -0.25) is 4.90 Å². The van der Waals surface area contributed by atoms with Crippen LogP contribution in [0.3, 0.4) is 0 Å². The van der Waals surface area contributed by atoms with Crippen LogP contribution in [0.1, 0.15) is 30.9 Å². The quantitative estimate of drug-likeness (QED) is 0.898. The Hall–Kier alpha value is -0.970. The zero-order valence-corrected chi connectivity index (χ0v) is 12.9. The van der Waals surface area contributed by atoms with E-state index >= 15 is 0 Å². The van der Waals surface area contributed by atoms with Crippen molar-refractivity contribution >= 4 is 0 Å². The predicted molar refractivity (Wildman–Crippen MR) is 83.9 cm³/mol. The van der Waals surface area contributed by atoms with E-state index in [0.29, 0.717) is 0 Å². The van der Waals surface area contributed by atoms with Crippen LogP contribution < -0.4 is 5.32 Å². The first-order valence-corrected chi connectivity index (χ1v) is 8.16. The Labute approximate surface area is 127 Å². The molecule has 116 valence electrons. The second-order valence-electron chi connectivity index (χ2n) is 6.28. The number of hydrogen-bond donors (Lipinski definition) is 1. The minimum Gasteiger partial charge on any atom is -0.313 e. The van der Waals surface area contributed by atoms with Gasteiger partial charge in [-0.05, 0) is 38.9 Å². The van der Waals surface area contributed by atoms with Gasteiger partial charge in [0.25, 0.3) is 0 Å². The zero-order chi connectivity index (χ0) is 14.7. The lowest BCUT2D eigenvalue weighted by Gasteiger charge is -2.38. The summed E-state index contributed by atoms with van der Waals surface area (Å²) in [7, 11) is 1.92. The fourth-order valence-electron chi connectivity index (χ4n) is 3.78. The number of halogens is 1. The summed E-state index contributed by atoms with van der Waals surface area (Å²) in [6.07, 6.45) is 3.66. The van der Waals surface area contributed by atoms with Crippen molar-refractivity contribution in [3.05, 3.63) is 35.6 Å². The van der Waals surface area contributed by atoms with Crippen molar-refractivity contribution in [1.82, 2.24) is 15.1 Å². The number of nitrogens with zero attached hydrogens (tertiary/aromatic N) is 2. The first-order chi connectivity index (χ1) is 10.3. The average molecular weight is 291 g/mol. The van der Waals surface area contributed by atoms with Gasteiger partial charge in [-0.1, -0.05) is 18.2 Å². The van der Waals surface area contributed by atoms with E-state index < -0.39 is 0 Å². The number of benzene rings is 1. The molecular formula is C17H26FN3. The van der Waals surface area contributed by atoms with Crippen molar-refractivity contribution < 1.29 is 4.39 Å². The molecule has 0 amide bonds. The highest BCUT2D eigenvalue weighted by Gasteiger charge is 2.30. The number of rotatable bonds is 5. The van der Waals surface area contributed by atoms with Crippen molar-refractivity contribution in [2.24, 2.45) is 0 Å². The molecule has 2 unspecified atom stereocenters. The molecule has 0 saturated carbocycles. The topological polar surface area (TPSA) is 18.5 Å². The van der Waals surface area contributed by atoms with E-state index in [4.69, 9.17) is 0 Å². The van der Waals surface area contributed by atoms with Gasteiger partial charge in [0.05, 0.1) is 0 Å². The monoisotopic (exact) mass is 291 g/mol. The number of fused-ring (bicyclic) bond motifs is 1. The van der Waals surface area contributed by atoms with Crippen LogP contribution in [0.5, 0.6) is 0 Å². The standard InChI is InChI=1S/C17H26FN3/c1-19-17(15-6-2-3-7-16(15)18)8-10-20-11-12-21-9-4-5-14(21)13-20/h2-3,6-7,14,17,19H,4-5,8-13H2,1H3. The molecule has 1 aromatic carbocycles. The third kappa shape index (κ3) is 3.44. The third-order valence-corrected chi connectivity index (χ3v) is 5.03. The maximum Gasteiger partial charge on any atom is 0.127 e. The summed E-state index contributed by atoms with van der Waals surface area (Å²) in [5.41, 5.74) is 0.791. The Morgan fingerprint density at radius 3 is 2.95 bits per heavy atom. The van der Waals surface area contributed by atoms with Crippen LogP contribution in [0.4, 0.5) is 4.39 Å². The van der Waals surface area contributed by atoms with Gasteiger partial charge in [0.15, 0.2) is 0 Å². The van der Waals surface area contributed by atoms with Crippen molar-refractivity contribution in [3.63, 3.8) is 0 Å². The summed E-state index contributed by atoms with van der Waals surface area (Å²) in [4.78, 5) is 5.18.